The van der Waals surface area contributed by atoms with Gasteiger partial charge in [0, 0.05) is 17.8 Å². The van der Waals surface area contributed by atoms with Crippen molar-refractivity contribution in [2.45, 2.75) is 76.7 Å². The number of allylic oxidation sites excluding steroid dienone is 4. The highest BCUT2D eigenvalue weighted by Gasteiger charge is 2.64. The second-order valence-electron chi connectivity index (χ2n) is 10.3. The SMILES string of the molecule is CC#C[C@]1(O)CCC2C3CCC4=CC(=O)CCC4=C3C(c3ccc(/C=N/O)cc3)C[C@@]21CC. The van der Waals surface area contributed by atoms with Gasteiger partial charge in [-0.05, 0) is 92.1 Å². The lowest BCUT2D eigenvalue weighted by Crippen LogP contribution is -2.52. The maximum absolute atomic E-state index is 12.2. The smallest absolute Gasteiger partial charge is 0.156 e. The number of nitrogens with zero attached hydrogens (tertiary/aromatic N) is 1. The van der Waals surface area contributed by atoms with Crippen LogP contribution < -0.4 is 0 Å². The second-order valence-corrected chi connectivity index (χ2v) is 10.3. The van der Waals surface area contributed by atoms with Crippen LogP contribution in [0.5, 0.6) is 0 Å². The van der Waals surface area contributed by atoms with Crippen molar-refractivity contribution in [3.8, 4) is 11.8 Å². The summed E-state index contributed by atoms with van der Waals surface area (Å²) < 4.78 is 0. The van der Waals surface area contributed by atoms with Gasteiger partial charge in [-0.25, -0.2) is 0 Å². The van der Waals surface area contributed by atoms with E-state index in [2.05, 4.69) is 36.1 Å². The van der Waals surface area contributed by atoms with Gasteiger partial charge in [0.2, 0.25) is 0 Å². The number of carbonyl (C=O) groups is 1. The predicted molar refractivity (Wildman–Crippen MR) is 129 cm³/mol. The molecule has 2 fully saturated rings. The molecule has 33 heavy (non-hydrogen) atoms. The Kier molecular flexibility index (Phi) is 5.57. The van der Waals surface area contributed by atoms with Crippen molar-refractivity contribution in [3.63, 3.8) is 0 Å². The van der Waals surface area contributed by atoms with E-state index in [0.717, 1.165) is 50.5 Å². The lowest BCUT2D eigenvalue weighted by molar-refractivity contribution is -0.114. The Morgan fingerprint density at radius 2 is 1.97 bits per heavy atom. The Bertz CT molecular complexity index is 1120. The van der Waals surface area contributed by atoms with Crippen molar-refractivity contribution in [1.82, 2.24) is 0 Å². The molecular weight excluding hydrogens is 410 g/mol. The normalized spacial score (nSPS) is 35.4. The first-order valence-electron chi connectivity index (χ1n) is 12.4. The summed E-state index contributed by atoms with van der Waals surface area (Å²) >= 11 is 0. The number of carbonyl (C=O) groups excluding carboxylic acids is 1. The number of hydrogen-bond donors (Lipinski definition) is 2. The number of fused-ring (bicyclic) bond motifs is 4. The Morgan fingerprint density at radius 1 is 1.18 bits per heavy atom. The Balaban J connectivity index is 1.69. The number of ketones is 1. The first-order valence-corrected chi connectivity index (χ1v) is 12.4. The summed E-state index contributed by atoms with van der Waals surface area (Å²) in [6.07, 6.45) is 10.3. The van der Waals surface area contributed by atoms with Gasteiger partial charge in [-0.2, -0.15) is 0 Å². The minimum Gasteiger partial charge on any atom is -0.411 e. The maximum Gasteiger partial charge on any atom is 0.156 e. The van der Waals surface area contributed by atoms with Crippen LogP contribution in [0.3, 0.4) is 0 Å². The van der Waals surface area contributed by atoms with Crippen molar-refractivity contribution < 1.29 is 15.1 Å². The van der Waals surface area contributed by atoms with E-state index in [4.69, 9.17) is 5.21 Å². The molecule has 172 valence electrons. The molecule has 0 saturated heterocycles. The molecular formula is C29H33NO3. The summed E-state index contributed by atoms with van der Waals surface area (Å²) in [5.41, 5.74) is 5.10. The molecule has 0 aromatic heterocycles. The van der Waals surface area contributed by atoms with Gasteiger partial charge in [-0.15, -0.1) is 5.92 Å². The van der Waals surface area contributed by atoms with Gasteiger partial charge < -0.3 is 10.3 Å². The first kappa shape index (κ1) is 22.2. The molecule has 0 heterocycles. The highest BCUT2D eigenvalue weighted by atomic mass is 16.4. The average molecular weight is 444 g/mol. The van der Waals surface area contributed by atoms with Crippen LogP contribution in [0.1, 0.15) is 82.3 Å². The summed E-state index contributed by atoms with van der Waals surface area (Å²) in [6, 6.07) is 8.27. The zero-order valence-electron chi connectivity index (χ0n) is 19.6. The molecule has 0 bridgehead atoms. The van der Waals surface area contributed by atoms with Crippen molar-refractivity contribution >= 4 is 12.0 Å². The van der Waals surface area contributed by atoms with Gasteiger partial charge in [-0.1, -0.05) is 47.8 Å². The van der Waals surface area contributed by atoms with Crippen molar-refractivity contribution in [1.29, 1.82) is 0 Å². The number of hydrogen-bond acceptors (Lipinski definition) is 4. The summed E-state index contributed by atoms with van der Waals surface area (Å²) in [5, 5.41) is 23.9. The van der Waals surface area contributed by atoms with Gasteiger partial charge in [0.05, 0.1) is 6.21 Å². The van der Waals surface area contributed by atoms with E-state index in [-0.39, 0.29) is 17.1 Å². The minimum atomic E-state index is -0.947. The van der Waals surface area contributed by atoms with E-state index in [0.29, 0.717) is 18.3 Å². The van der Waals surface area contributed by atoms with Crippen LogP contribution in [0.4, 0.5) is 0 Å². The number of aliphatic hydroxyl groups is 1. The Labute approximate surface area is 196 Å². The van der Waals surface area contributed by atoms with Gasteiger partial charge in [0.15, 0.2) is 5.78 Å². The topological polar surface area (TPSA) is 69.9 Å². The van der Waals surface area contributed by atoms with Crippen LogP contribution in [0.15, 0.2) is 52.2 Å². The third-order valence-corrected chi connectivity index (χ3v) is 9.11. The van der Waals surface area contributed by atoms with Crippen LogP contribution in [0, 0.1) is 29.1 Å². The van der Waals surface area contributed by atoms with E-state index in [1.165, 1.54) is 28.5 Å². The van der Waals surface area contributed by atoms with Crippen molar-refractivity contribution in [2.75, 3.05) is 0 Å². The van der Waals surface area contributed by atoms with Crippen LogP contribution in [0.25, 0.3) is 0 Å². The zero-order chi connectivity index (χ0) is 23.2. The molecule has 2 saturated carbocycles. The zero-order valence-corrected chi connectivity index (χ0v) is 19.6. The van der Waals surface area contributed by atoms with Gasteiger partial charge in [-0.3, -0.25) is 4.79 Å². The molecule has 5 rings (SSSR count). The number of rotatable bonds is 3. The molecule has 0 radical (unpaired) electrons. The monoisotopic (exact) mass is 443 g/mol. The summed E-state index contributed by atoms with van der Waals surface area (Å²) in [6.45, 7) is 4.06. The third-order valence-electron chi connectivity index (χ3n) is 9.11. The second kappa shape index (κ2) is 8.29. The van der Waals surface area contributed by atoms with Gasteiger partial charge in [0.1, 0.15) is 5.60 Å². The Morgan fingerprint density at radius 3 is 2.67 bits per heavy atom. The molecule has 0 spiro atoms. The molecule has 4 nitrogen and oxygen atoms in total. The molecule has 1 aromatic carbocycles. The number of benzene rings is 1. The summed E-state index contributed by atoms with van der Waals surface area (Å²) in [5.74, 6) is 7.60. The standard InChI is InChI=1S/C29H33NO3/c1-3-14-29(32)15-13-26-24-11-9-21-16-22(31)10-12-23(21)27(24)25(17-28(26,29)4-2)20-7-5-19(6-8-20)18-30-33/h5-8,16,18,24-26,32-33H,4,9-13,15,17H2,1-2H3/b30-18+/t24?,25?,26?,28-,29-/m0/s1. The molecule has 4 aliphatic carbocycles. The molecule has 5 atom stereocenters. The lowest BCUT2D eigenvalue weighted by Gasteiger charge is -2.55. The highest BCUT2D eigenvalue weighted by molar-refractivity contribution is 5.93. The van der Waals surface area contributed by atoms with Gasteiger partial charge in [0.25, 0.3) is 0 Å². The first-order chi connectivity index (χ1) is 16.0. The molecule has 4 aliphatic rings. The molecule has 0 aliphatic heterocycles. The minimum absolute atomic E-state index is 0.196. The van der Waals surface area contributed by atoms with Gasteiger partial charge >= 0.3 is 0 Å². The maximum atomic E-state index is 12.2. The molecule has 2 N–H and O–H groups in total. The van der Waals surface area contributed by atoms with Crippen LogP contribution >= 0.6 is 0 Å². The van der Waals surface area contributed by atoms with Crippen LogP contribution in [-0.2, 0) is 4.79 Å². The van der Waals surface area contributed by atoms with E-state index in [1.807, 2.05) is 25.1 Å². The molecule has 0 amide bonds. The van der Waals surface area contributed by atoms with E-state index < -0.39 is 5.60 Å². The largest absolute Gasteiger partial charge is 0.411 e. The highest BCUT2D eigenvalue weighted by Crippen LogP contribution is 2.67. The van der Waals surface area contributed by atoms with Crippen LogP contribution in [-0.4, -0.2) is 27.9 Å². The van der Waals surface area contributed by atoms with Crippen LogP contribution in [0.2, 0.25) is 0 Å². The fourth-order valence-electron chi connectivity index (χ4n) is 7.74. The fourth-order valence-corrected chi connectivity index (χ4v) is 7.74. The van der Waals surface area contributed by atoms with Crippen molar-refractivity contribution in [3.05, 3.63) is 58.2 Å². The molecule has 3 unspecified atom stereocenters. The summed E-state index contributed by atoms with van der Waals surface area (Å²) in [7, 11) is 0. The number of oxime groups is 1. The quantitative estimate of drug-likeness (QED) is 0.279. The molecule has 1 aromatic rings. The predicted octanol–water partition coefficient (Wildman–Crippen LogP) is 5.54. The Hall–Kier alpha value is -2.64. The van der Waals surface area contributed by atoms with Crippen molar-refractivity contribution in [2.24, 2.45) is 22.4 Å². The lowest BCUT2D eigenvalue weighted by atomic mass is 9.50. The van der Waals surface area contributed by atoms with E-state index >= 15 is 0 Å². The van der Waals surface area contributed by atoms with E-state index in [1.54, 1.807) is 0 Å². The fraction of sp³-hybridized carbons (Fsp3) is 0.517. The third kappa shape index (κ3) is 3.32. The average Bonchev–Trinajstić information content (AvgIpc) is 3.11. The summed E-state index contributed by atoms with van der Waals surface area (Å²) in [4.78, 5) is 12.2. The molecule has 4 heteroatoms. The van der Waals surface area contributed by atoms with E-state index in [9.17, 15) is 9.90 Å².